The van der Waals surface area contributed by atoms with Crippen molar-refractivity contribution >= 4 is 5.91 Å². The Hall–Kier alpha value is -0.650. The van der Waals surface area contributed by atoms with Crippen LogP contribution in [0.1, 0.15) is 32.1 Å². The fraction of sp³-hybridized carbons (Fsp3) is 0.933. The van der Waals surface area contributed by atoms with Gasteiger partial charge in [0.2, 0.25) is 0 Å². The molecule has 1 N–H and O–H groups in total. The van der Waals surface area contributed by atoms with E-state index in [4.69, 9.17) is 4.74 Å². The van der Waals surface area contributed by atoms with E-state index < -0.39 is 5.60 Å². The van der Waals surface area contributed by atoms with Crippen LogP contribution in [0.5, 0.6) is 0 Å². The van der Waals surface area contributed by atoms with Crippen molar-refractivity contribution in [1.82, 2.24) is 9.80 Å². The maximum Gasteiger partial charge on any atom is 0.254 e. The second-order valence-electron chi connectivity index (χ2n) is 6.56. The van der Waals surface area contributed by atoms with E-state index in [1.807, 2.05) is 4.90 Å². The second kappa shape index (κ2) is 6.00. The first-order valence-corrected chi connectivity index (χ1v) is 7.99. The zero-order chi connectivity index (χ0) is 14.0. The minimum absolute atomic E-state index is 0.0144. The normalized spacial score (nSPS) is 30.9. The highest BCUT2D eigenvalue weighted by Crippen LogP contribution is 2.33. The average Bonchev–Trinajstić information content (AvgIpc) is 3.09. The van der Waals surface area contributed by atoms with Gasteiger partial charge in [0.15, 0.2) is 0 Å². The fourth-order valence-electron chi connectivity index (χ4n) is 3.78. The maximum atomic E-state index is 12.4. The Balaban J connectivity index is 1.50. The smallest absolute Gasteiger partial charge is 0.254 e. The molecule has 3 rings (SSSR count). The molecule has 0 aromatic rings. The van der Waals surface area contributed by atoms with Gasteiger partial charge in [0.1, 0.15) is 5.60 Å². The molecule has 0 bridgehead atoms. The van der Waals surface area contributed by atoms with E-state index in [2.05, 4.69) is 4.90 Å². The number of nitrogens with zero attached hydrogens (tertiary/aromatic N) is 2. The van der Waals surface area contributed by atoms with Crippen molar-refractivity contribution in [2.75, 3.05) is 45.9 Å². The van der Waals surface area contributed by atoms with Crippen LogP contribution in [0.25, 0.3) is 0 Å². The first-order valence-electron chi connectivity index (χ1n) is 7.99. The lowest BCUT2D eigenvalue weighted by Gasteiger charge is -2.30. The van der Waals surface area contributed by atoms with Crippen molar-refractivity contribution in [3.05, 3.63) is 0 Å². The van der Waals surface area contributed by atoms with Crippen LogP contribution in [0.15, 0.2) is 0 Å². The van der Waals surface area contributed by atoms with E-state index >= 15 is 0 Å². The van der Waals surface area contributed by atoms with Gasteiger partial charge < -0.3 is 14.7 Å². The van der Waals surface area contributed by atoms with Gasteiger partial charge in [-0.3, -0.25) is 9.69 Å². The third-order valence-corrected chi connectivity index (χ3v) is 5.02. The number of aliphatic hydroxyl groups is 1. The molecule has 1 aliphatic carbocycles. The predicted octanol–water partition coefficient (Wildman–Crippen LogP) is 0.472. The molecule has 2 heterocycles. The summed E-state index contributed by atoms with van der Waals surface area (Å²) >= 11 is 0. The molecule has 2 saturated heterocycles. The van der Waals surface area contributed by atoms with E-state index in [9.17, 15) is 9.90 Å². The van der Waals surface area contributed by atoms with Crippen LogP contribution in [-0.2, 0) is 9.53 Å². The number of hydrogen-bond donors (Lipinski definition) is 1. The molecule has 3 fully saturated rings. The summed E-state index contributed by atoms with van der Waals surface area (Å²) in [6.07, 6.45) is 4.33. The van der Waals surface area contributed by atoms with Crippen LogP contribution in [-0.4, -0.2) is 72.4 Å². The Labute approximate surface area is 120 Å². The van der Waals surface area contributed by atoms with Crippen molar-refractivity contribution in [2.24, 2.45) is 5.92 Å². The Morgan fingerprint density at radius 1 is 1.20 bits per heavy atom. The number of likely N-dealkylation sites (tertiary alicyclic amines) is 1. The molecular formula is C15H26N2O3. The first-order chi connectivity index (χ1) is 9.67. The molecule has 20 heavy (non-hydrogen) atoms. The van der Waals surface area contributed by atoms with Gasteiger partial charge in [0.05, 0.1) is 13.2 Å². The first kappa shape index (κ1) is 14.3. The summed E-state index contributed by atoms with van der Waals surface area (Å²) in [5, 5.41) is 10.4. The Morgan fingerprint density at radius 2 is 1.90 bits per heavy atom. The minimum Gasteiger partial charge on any atom is -0.380 e. The summed E-state index contributed by atoms with van der Waals surface area (Å²) in [5.41, 5.74) is -1.05. The quantitative estimate of drug-likeness (QED) is 0.818. The third kappa shape index (κ3) is 3.00. The van der Waals surface area contributed by atoms with E-state index in [1.165, 1.54) is 0 Å². The Bertz CT molecular complexity index is 349. The van der Waals surface area contributed by atoms with E-state index in [0.717, 1.165) is 65.2 Å². The maximum absolute atomic E-state index is 12.4. The van der Waals surface area contributed by atoms with Crippen LogP contribution in [0.2, 0.25) is 0 Å². The molecule has 1 unspecified atom stereocenters. The summed E-state index contributed by atoms with van der Waals surface area (Å²) in [4.78, 5) is 16.8. The number of rotatable bonds is 3. The third-order valence-electron chi connectivity index (χ3n) is 5.02. The number of hydrogen-bond acceptors (Lipinski definition) is 4. The lowest BCUT2D eigenvalue weighted by Crippen LogP contribution is -2.47. The molecule has 1 amide bonds. The van der Waals surface area contributed by atoms with Gasteiger partial charge in [0.25, 0.3) is 5.91 Å². The Morgan fingerprint density at radius 3 is 2.60 bits per heavy atom. The summed E-state index contributed by atoms with van der Waals surface area (Å²) < 4.78 is 5.37. The molecule has 0 aromatic carbocycles. The molecule has 2 aliphatic heterocycles. The largest absolute Gasteiger partial charge is 0.380 e. The van der Waals surface area contributed by atoms with Gasteiger partial charge in [-0.1, -0.05) is 0 Å². The van der Waals surface area contributed by atoms with Crippen molar-refractivity contribution in [3.8, 4) is 0 Å². The zero-order valence-electron chi connectivity index (χ0n) is 12.2. The molecule has 0 aromatic heterocycles. The number of ether oxygens (including phenoxy) is 1. The van der Waals surface area contributed by atoms with Crippen LogP contribution >= 0.6 is 0 Å². The topological polar surface area (TPSA) is 53.0 Å². The highest BCUT2D eigenvalue weighted by atomic mass is 16.5. The average molecular weight is 282 g/mol. The summed E-state index contributed by atoms with van der Waals surface area (Å²) in [6.45, 7) is 6.37. The van der Waals surface area contributed by atoms with Gasteiger partial charge >= 0.3 is 0 Å². The minimum atomic E-state index is -1.05. The van der Waals surface area contributed by atoms with E-state index in [0.29, 0.717) is 18.8 Å². The molecule has 1 atom stereocenters. The van der Waals surface area contributed by atoms with Crippen LogP contribution in [0.3, 0.4) is 0 Å². The van der Waals surface area contributed by atoms with Gasteiger partial charge in [-0.15, -0.1) is 0 Å². The number of morpholine rings is 1. The van der Waals surface area contributed by atoms with Gasteiger partial charge in [-0.2, -0.15) is 0 Å². The number of amides is 1. The molecular weight excluding hydrogens is 256 g/mol. The van der Waals surface area contributed by atoms with Gasteiger partial charge in [0, 0.05) is 32.7 Å². The fourth-order valence-corrected chi connectivity index (χ4v) is 3.78. The summed E-state index contributed by atoms with van der Waals surface area (Å²) in [6, 6.07) is 0. The molecule has 3 aliphatic rings. The lowest BCUT2D eigenvalue weighted by atomic mass is 10.0. The van der Waals surface area contributed by atoms with Crippen molar-refractivity contribution in [1.29, 1.82) is 0 Å². The molecule has 0 spiro atoms. The zero-order valence-corrected chi connectivity index (χ0v) is 12.2. The van der Waals surface area contributed by atoms with Gasteiger partial charge in [-0.05, 0) is 38.0 Å². The monoisotopic (exact) mass is 282 g/mol. The number of carbonyl (C=O) groups excluding carboxylic acids is 1. The SMILES string of the molecule is O=C(N1CCC(CN2CCOCC2)C1)C1(O)CCCC1. The Kier molecular flexibility index (Phi) is 4.29. The lowest BCUT2D eigenvalue weighted by molar-refractivity contribution is -0.149. The molecule has 0 radical (unpaired) electrons. The van der Waals surface area contributed by atoms with E-state index in [1.54, 1.807) is 0 Å². The highest BCUT2D eigenvalue weighted by Gasteiger charge is 2.43. The van der Waals surface area contributed by atoms with Crippen LogP contribution < -0.4 is 0 Å². The van der Waals surface area contributed by atoms with Crippen LogP contribution in [0.4, 0.5) is 0 Å². The molecule has 114 valence electrons. The molecule has 1 saturated carbocycles. The molecule has 5 nitrogen and oxygen atoms in total. The predicted molar refractivity (Wildman–Crippen MR) is 75.4 cm³/mol. The molecule has 5 heteroatoms. The number of carbonyl (C=O) groups is 1. The second-order valence-corrected chi connectivity index (χ2v) is 6.56. The van der Waals surface area contributed by atoms with Gasteiger partial charge in [-0.25, -0.2) is 0 Å². The summed E-state index contributed by atoms with van der Waals surface area (Å²) in [7, 11) is 0. The highest BCUT2D eigenvalue weighted by molar-refractivity contribution is 5.85. The van der Waals surface area contributed by atoms with Crippen molar-refractivity contribution in [3.63, 3.8) is 0 Å². The van der Waals surface area contributed by atoms with Crippen molar-refractivity contribution < 1.29 is 14.6 Å². The summed E-state index contributed by atoms with van der Waals surface area (Å²) in [5.74, 6) is 0.543. The van der Waals surface area contributed by atoms with E-state index in [-0.39, 0.29) is 5.91 Å². The standard InChI is InChI=1S/C15H26N2O3/c18-14(15(19)4-1-2-5-15)17-6-3-13(12-17)11-16-7-9-20-10-8-16/h13,19H,1-12H2. The van der Waals surface area contributed by atoms with Crippen molar-refractivity contribution in [2.45, 2.75) is 37.7 Å². The van der Waals surface area contributed by atoms with Crippen LogP contribution in [0, 0.1) is 5.92 Å².